The van der Waals surface area contributed by atoms with Crippen LogP contribution in [-0.2, 0) is 4.79 Å². The topological polar surface area (TPSA) is 20.3 Å². The molecule has 1 saturated carbocycles. The summed E-state index contributed by atoms with van der Waals surface area (Å²) in [5.74, 6) is 1.90. The SMILES string of the molecule is CC1=CC(C)C(/C=C/CN(C(=O)C2CC2)C(C)(C)C)CC1. The van der Waals surface area contributed by atoms with E-state index in [2.05, 4.69) is 57.7 Å². The first-order valence-corrected chi connectivity index (χ1v) is 8.44. The summed E-state index contributed by atoms with van der Waals surface area (Å²) >= 11 is 0. The van der Waals surface area contributed by atoms with Crippen molar-refractivity contribution in [1.82, 2.24) is 4.90 Å². The molecule has 0 aromatic rings. The number of hydrogen-bond acceptors (Lipinski definition) is 1. The van der Waals surface area contributed by atoms with Gasteiger partial charge in [0.15, 0.2) is 0 Å². The lowest BCUT2D eigenvalue weighted by Crippen LogP contribution is -2.46. The third kappa shape index (κ3) is 4.46. The van der Waals surface area contributed by atoms with Crippen LogP contribution in [0.5, 0.6) is 0 Å². The molecule has 21 heavy (non-hydrogen) atoms. The minimum absolute atomic E-state index is 0.0846. The summed E-state index contributed by atoms with van der Waals surface area (Å²) in [4.78, 5) is 14.5. The van der Waals surface area contributed by atoms with Gasteiger partial charge in [-0.15, -0.1) is 0 Å². The summed E-state index contributed by atoms with van der Waals surface area (Å²) in [6.45, 7) is 11.7. The first-order valence-electron chi connectivity index (χ1n) is 8.44. The van der Waals surface area contributed by atoms with Crippen molar-refractivity contribution in [2.45, 2.75) is 65.8 Å². The van der Waals surface area contributed by atoms with E-state index in [9.17, 15) is 4.79 Å². The minimum Gasteiger partial charge on any atom is -0.334 e. The molecule has 2 unspecified atom stereocenters. The molecular formula is C19H31NO. The van der Waals surface area contributed by atoms with Crippen LogP contribution in [-0.4, -0.2) is 22.9 Å². The Bertz CT molecular complexity index is 437. The summed E-state index contributed by atoms with van der Waals surface area (Å²) in [7, 11) is 0. The lowest BCUT2D eigenvalue weighted by molar-refractivity contribution is -0.136. The maximum atomic E-state index is 12.4. The van der Waals surface area contributed by atoms with Gasteiger partial charge in [0.05, 0.1) is 0 Å². The van der Waals surface area contributed by atoms with Crippen molar-refractivity contribution in [1.29, 1.82) is 0 Å². The van der Waals surface area contributed by atoms with Crippen LogP contribution in [0.4, 0.5) is 0 Å². The van der Waals surface area contributed by atoms with Gasteiger partial charge in [0.25, 0.3) is 0 Å². The van der Waals surface area contributed by atoms with E-state index in [1.807, 2.05) is 0 Å². The minimum atomic E-state index is -0.0846. The zero-order valence-corrected chi connectivity index (χ0v) is 14.4. The van der Waals surface area contributed by atoms with Crippen molar-refractivity contribution in [2.75, 3.05) is 6.54 Å². The van der Waals surface area contributed by atoms with Crippen molar-refractivity contribution in [3.05, 3.63) is 23.8 Å². The van der Waals surface area contributed by atoms with Crippen LogP contribution in [0.3, 0.4) is 0 Å². The standard InChI is InChI=1S/C19H31NO/c1-14-8-9-16(15(2)13-14)7-6-12-20(19(3,4)5)18(21)17-10-11-17/h6-7,13,15-17H,8-12H2,1-5H3/b7-6+. The number of nitrogens with zero attached hydrogens (tertiary/aromatic N) is 1. The molecule has 2 atom stereocenters. The Balaban J connectivity index is 1.95. The molecule has 0 aromatic carbocycles. The largest absolute Gasteiger partial charge is 0.334 e. The fourth-order valence-corrected chi connectivity index (χ4v) is 3.17. The predicted octanol–water partition coefficient (Wildman–Crippen LogP) is 4.57. The quantitative estimate of drug-likeness (QED) is 0.694. The Morgan fingerprint density at radius 1 is 1.33 bits per heavy atom. The molecule has 118 valence electrons. The van der Waals surface area contributed by atoms with Gasteiger partial charge in [0.2, 0.25) is 5.91 Å². The first kappa shape index (κ1) is 16.3. The van der Waals surface area contributed by atoms with Crippen LogP contribution in [0.1, 0.15) is 60.3 Å². The fraction of sp³-hybridized carbons (Fsp3) is 0.737. The highest BCUT2D eigenvalue weighted by Crippen LogP contribution is 2.33. The van der Waals surface area contributed by atoms with Crippen LogP contribution in [0.15, 0.2) is 23.8 Å². The van der Waals surface area contributed by atoms with E-state index in [0.717, 1.165) is 19.4 Å². The zero-order chi connectivity index (χ0) is 15.6. The lowest BCUT2D eigenvalue weighted by Gasteiger charge is -2.35. The van der Waals surface area contributed by atoms with E-state index >= 15 is 0 Å². The van der Waals surface area contributed by atoms with E-state index in [-0.39, 0.29) is 5.54 Å². The fourth-order valence-electron chi connectivity index (χ4n) is 3.17. The van der Waals surface area contributed by atoms with Crippen molar-refractivity contribution in [3.8, 4) is 0 Å². The van der Waals surface area contributed by atoms with Crippen LogP contribution in [0, 0.1) is 17.8 Å². The number of rotatable bonds is 4. The van der Waals surface area contributed by atoms with Gasteiger partial charge in [-0.2, -0.15) is 0 Å². The molecule has 2 nitrogen and oxygen atoms in total. The molecule has 1 fully saturated rings. The van der Waals surface area contributed by atoms with E-state index in [4.69, 9.17) is 0 Å². The molecule has 0 spiro atoms. The summed E-state index contributed by atoms with van der Waals surface area (Å²) in [6, 6.07) is 0. The highest BCUT2D eigenvalue weighted by Gasteiger charge is 2.37. The molecule has 0 N–H and O–H groups in total. The Kier molecular flexibility index (Phi) is 4.95. The summed E-state index contributed by atoms with van der Waals surface area (Å²) in [6.07, 6.45) is 11.6. The van der Waals surface area contributed by atoms with E-state index in [1.165, 1.54) is 18.4 Å². The Morgan fingerprint density at radius 3 is 2.52 bits per heavy atom. The number of hydrogen-bond donors (Lipinski definition) is 0. The molecule has 0 saturated heterocycles. The Morgan fingerprint density at radius 2 is 2.00 bits per heavy atom. The van der Waals surface area contributed by atoms with Gasteiger partial charge in [-0.3, -0.25) is 4.79 Å². The van der Waals surface area contributed by atoms with Crippen molar-refractivity contribution in [2.24, 2.45) is 17.8 Å². The normalized spacial score (nSPS) is 26.8. The van der Waals surface area contributed by atoms with Crippen LogP contribution >= 0.6 is 0 Å². The number of carbonyl (C=O) groups is 1. The molecule has 0 aromatic heterocycles. The summed E-state index contributed by atoms with van der Waals surface area (Å²) in [5.41, 5.74) is 1.44. The second-order valence-electron chi connectivity index (χ2n) is 7.90. The Labute approximate surface area is 130 Å². The molecule has 0 bridgehead atoms. The van der Waals surface area contributed by atoms with E-state index < -0.39 is 0 Å². The highest BCUT2D eigenvalue weighted by atomic mass is 16.2. The van der Waals surface area contributed by atoms with Crippen LogP contribution in [0.25, 0.3) is 0 Å². The highest BCUT2D eigenvalue weighted by molar-refractivity contribution is 5.81. The zero-order valence-electron chi connectivity index (χ0n) is 14.4. The summed E-state index contributed by atoms with van der Waals surface area (Å²) < 4.78 is 0. The predicted molar refractivity (Wildman–Crippen MR) is 89.0 cm³/mol. The summed E-state index contributed by atoms with van der Waals surface area (Å²) in [5, 5.41) is 0. The van der Waals surface area contributed by atoms with Gasteiger partial charge >= 0.3 is 0 Å². The van der Waals surface area contributed by atoms with Gasteiger partial charge in [0, 0.05) is 18.0 Å². The maximum Gasteiger partial charge on any atom is 0.226 e. The average Bonchev–Trinajstić information content (AvgIpc) is 3.18. The van der Waals surface area contributed by atoms with Gasteiger partial charge < -0.3 is 4.90 Å². The van der Waals surface area contributed by atoms with E-state index in [1.54, 1.807) is 0 Å². The van der Waals surface area contributed by atoms with Crippen molar-refractivity contribution >= 4 is 5.91 Å². The molecule has 2 heteroatoms. The monoisotopic (exact) mass is 289 g/mol. The molecule has 2 aliphatic carbocycles. The second-order valence-corrected chi connectivity index (χ2v) is 7.90. The number of allylic oxidation sites excluding steroid dienone is 3. The first-order chi connectivity index (χ1) is 9.79. The number of carbonyl (C=O) groups excluding carboxylic acids is 1. The molecule has 0 aliphatic heterocycles. The van der Waals surface area contributed by atoms with Gasteiger partial charge in [0.1, 0.15) is 0 Å². The van der Waals surface area contributed by atoms with Gasteiger partial charge in [-0.05, 0) is 65.2 Å². The maximum absolute atomic E-state index is 12.4. The van der Waals surface area contributed by atoms with Crippen molar-refractivity contribution in [3.63, 3.8) is 0 Å². The third-order valence-electron chi connectivity index (χ3n) is 4.77. The Hall–Kier alpha value is -1.05. The molecule has 0 heterocycles. The lowest BCUT2D eigenvalue weighted by atomic mass is 9.82. The third-order valence-corrected chi connectivity index (χ3v) is 4.77. The van der Waals surface area contributed by atoms with Crippen LogP contribution in [0.2, 0.25) is 0 Å². The van der Waals surface area contributed by atoms with Gasteiger partial charge in [-0.1, -0.05) is 30.7 Å². The van der Waals surface area contributed by atoms with E-state index in [0.29, 0.717) is 23.7 Å². The van der Waals surface area contributed by atoms with Crippen LogP contribution < -0.4 is 0 Å². The molecular weight excluding hydrogens is 258 g/mol. The molecule has 1 amide bonds. The smallest absolute Gasteiger partial charge is 0.226 e. The molecule has 0 radical (unpaired) electrons. The number of amides is 1. The molecule has 2 rings (SSSR count). The van der Waals surface area contributed by atoms with Gasteiger partial charge in [-0.25, -0.2) is 0 Å². The second kappa shape index (κ2) is 6.37. The van der Waals surface area contributed by atoms with Crippen molar-refractivity contribution < 1.29 is 4.79 Å². The molecule has 2 aliphatic rings. The average molecular weight is 289 g/mol.